The zero-order valence-electron chi connectivity index (χ0n) is 14.5. The molecule has 132 valence electrons. The molecule has 0 aliphatic heterocycles. The smallest absolute Gasteiger partial charge is 0.326 e. The number of benzene rings is 1. The third-order valence-corrected chi connectivity index (χ3v) is 3.71. The van der Waals surface area contributed by atoms with Crippen molar-refractivity contribution in [1.82, 2.24) is 10.2 Å². The number of carboxylic acids is 1. The molecule has 0 aromatic heterocycles. The molecule has 0 radical (unpaired) electrons. The Bertz CT molecular complexity index is 615. The molecule has 0 aliphatic rings. The van der Waals surface area contributed by atoms with Crippen molar-refractivity contribution >= 4 is 17.8 Å². The average molecular weight is 336 g/mol. The minimum Gasteiger partial charge on any atom is -0.484 e. The van der Waals surface area contributed by atoms with Gasteiger partial charge in [-0.2, -0.15) is 0 Å². The van der Waals surface area contributed by atoms with Crippen molar-refractivity contribution in [1.29, 1.82) is 0 Å². The SMILES string of the molecule is CC(=O)NCCN(C(=O)COc1ccc(C)c(C)c1)C(C)C(=O)O. The predicted molar refractivity (Wildman–Crippen MR) is 88.9 cm³/mol. The van der Waals surface area contributed by atoms with Crippen molar-refractivity contribution in [3.63, 3.8) is 0 Å². The molecule has 0 aliphatic carbocycles. The summed E-state index contributed by atoms with van der Waals surface area (Å²) in [5.41, 5.74) is 2.16. The van der Waals surface area contributed by atoms with Gasteiger partial charge in [0.2, 0.25) is 5.91 Å². The lowest BCUT2D eigenvalue weighted by Gasteiger charge is -2.26. The van der Waals surface area contributed by atoms with Gasteiger partial charge in [-0.15, -0.1) is 0 Å². The molecule has 1 unspecified atom stereocenters. The molecule has 2 N–H and O–H groups in total. The van der Waals surface area contributed by atoms with E-state index in [-0.39, 0.29) is 25.6 Å². The van der Waals surface area contributed by atoms with Crippen molar-refractivity contribution in [3.8, 4) is 5.75 Å². The van der Waals surface area contributed by atoms with Crippen LogP contribution in [0.4, 0.5) is 0 Å². The molecule has 24 heavy (non-hydrogen) atoms. The number of nitrogens with zero attached hydrogens (tertiary/aromatic N) is 1. The Labute approximate surface area is 141 Å². The van der Waals surface area contributed by atoms with Crippen LogP contribution >= 0.6 is 0 Å². The quantitative estimate of drug-likeness (QED) is 0.742. The third kappa shape index (κ3) is 5.91. The van der Waals surface area contributed by atoms with Gasteiger partial charge < -0.3 is 20.1 Å². The fourth-order valence-electron chi connectivity index (χ4n) is 2.05. The second-order valence-electron chi connectivity index (χ2n) is 5.62. The van der Waals surface area contributed by atoms with E-state index in [9.17, 15) is 14.4 Å². The summed E-state index contributed by atoms with van der Waals surface area (Å²) in [6.45, 7) is 6.71. The molecule has 0 heterocycles. The number of hydrogen-bond donors (Lipinski definition) is 2. The van der Waals surface area contributed by atoms with Gasteiger partial charge in [0.1, 0.15) is 11.8 Å². The number of ether oxygens (including phenoxy) is 1. The first-order valence-corrected chi connectivity index (χ1v) is 7.69. The second-order valence-corrected chi connectivity index (χ2v) is 5.62. The van der Waals surface area contributed by atoms with Crippen molar-refractivity contribution in [3.05, 3.63) is 29.3 Å². The summed E-state index contributed by atoms with van der Waals surface area (Å²) < 4.78 is 5.47. The summed E-state index contributed by atoms with van der Waals surface area (Å²) in [5.74, 6) is -1.25. The van der Waals surface area contributed by atoms with E-state index in [1.807, 2.05) is 26.0 Å². The highest BCUT2D eigenvalue weighted by Crippen LogP contribution is 2.16. The Morgan fingerprint density at radius 1 is 1.25 bits per heavy atom. The summed E-state index contributed by atoms with van der Waals surface area (Å²) in [5, 5.41) is 11.7. The molecule has 0 fully saturated rings. The highest BCUT2D eigenvalue weighted by atomic mass is 16.5. The lowest BCUT2D eigenvalue weighted by Crippen LogP contribution is -2.48. The van der Waals surface area contributed by atoms with E-state index in [0.717, 1.165) is 11.1 Å². The number of carboxylic acid groups (broad SMARTS) is 1. The Morgan fingerprint density at radius 2 is 1.92 bits per heavy atom. The topological polar surface area (TPSA) is 95.9 Å². The molecule has 0 spiro atoms. The fourth-order valence-corrected chi connectivity index (χ4v) is 2.05. The molecule has 1 aromatic rings. The molecular weight excluding hydrogens is 312 g/mol. The number of amides is 2. The molecule has 1 aromatic carbocycles. The van der Waals surface area contributed by atoms with Crippen molar-refractivity contribution in [2.24, 2.45) is 0 Å². The zero-order valence-corrected chi connectivity index (χ0v) is 14.5. The predicted octanol–water partition coefficient (Wildman–Crippen LogP) is 1.12. The molecule has 0 saturated carbocycles. The Kier molecular flexibility index (Phi) is 7.23. The van der Waals surface area contributed by atoms with E-state index >= 15 is 0 Å². The highest BCUT2D eigenvalue weighted by Gasteiger charge is 2.25. The van der Waals surface area contributed by atoms with Crippen LogP contribution in [0.3, 0.4) is 0 Å². The largest absolute Gasteiger partial charge is 0.484 e. The number of carbonyl (C=O) groups is 3. The maximum Gasteiger partial charge on any atom is 0.326 e. The van der Waals surface area contributed by atoms with Gasteiger partial charge in [-0.25, -0.2) is 4.79 Å². The van der Waals surface area contributed by atoms with E-state index in [2.05, 4.69) is 5.32 Å². The van der Waals surface area contributed by atoms with E-state index in [4.69, 9.17) is 9.84 Å². The number of carbonyl (C=O) groups excluding carboxylic acids is 2. The van der Waals surface area contributed by atoms with Gasteiger partial charge >= 0.3 is 5.97 Å². The molecule has 7 heteroatoms. The summed E-state index contributed by atoms with van der Waals surface area (Å²) in [4.78, 5) is 35.6. The summed E-state index contributed by atoms with van der Waals surface area (Å²) in [6.07, 6.45) is 0. The van der Waals surface area contributed by atoms with Crippen LogP contribution in [0.15, 0.2) is 18.2 Å². The molecule has 1 rings (SSSR count). The summed E-state index contributed by atoms with van der Waals surface area (Å²) in [7, 11) is 0. The van der Waals surface area contributed by atoms with Gasteiger partial charge in [0.25, 0.3) is 5.91 Å². The maximum atomic E-state index is 12.3. The van der Waals surface area contributed by atoms with Crippen LogP contribution < -0.4 is 10.1 Å². The number of rotatable bonds is 8. The summed E-state index contributed by atoms with van der Waals surface area (Å²) in [6, 6.07) is 4.47. The Balaban J connectivity index is 2.70. The Morgan fingerprint density at radius 3 is 2.46 bits per heavy atom. The molecule has 1 atom stereocenters. The second kappa shape index (κ2) is 8.90. The van der Waals surface area contributed by atoms with Gasteiger partial charge in [0.15, 0.2) is 6.61 Å². The number of hydrogen-bond acceptors (Lipinski definition) is 4. The lowest BCUT2D eigenvalue weighted by atomic mass is 10.1. The fraction of sp³-hybridized carbons (Fsp3) is 0.471. The zero-order chi connectivity index (χ0) is 18.3. The van der Waals surface area contributed by atoms with Gasteiger partial charge in [-0.1, -0.05) is 6.07 Å². The molecular formula is C17H24N2O5. The molecule has 0 saturated heterocycles. The minimum atomic E-state index is -1.11. The average Bonchev–Trinajstić information content (AvgIpc) is 2.51. The minimum absolute atomic E-state index is 0.0994. The van der Waals surface area contributed by atoms with Crippen LogP contribution in [0, 0.1) is 13.8 Å². The third-order valence-electron chi connectivity index (χ3n) is 3.71. The van der Waals surface area contributed by atoms with Crippen LogP contribution in [0.25, 0.3) is 0 Å². The number of aryl methyl sites for hydroxylation is 2. The van der Waals surface area contributed by atoms with Crippen LogP contribution in [0.1, 0.15) is 25.0 Å². The van der Waals surface area contributed by atoms with Gasteiger partial charge in [0, 0.05) is 20.0 Å². The van der Waals surface area contributed by atoms with E-state index in [0.29, 0.717) is 5.75 Å². The normalized spacial score (nSPS) is 11.5. The first kappa shape index (κ1) is 19.5. The van der Waals surface area contributed by atoms with Gasteiger partial charge in [0.05, 0.1) is 0 Å². The van der Waals surface area contributed by atoms with Crippen molar-refractivity contribution < 1.29 is 24.2 Å². The van der Waals surface area contributed by atoms with E-state index in [1.165, 1.54) is 18.7 Å². The van der Waals surface area contributed by atoms with Crippen molar-refractivity contribution in [2.45, 2.75) is 33.7 Å². The van der Waals surface area contributed by atoms with Gasteiger partial charge in [-0.3, -0.25) is 9.59 Å². The molecule has 2 amide bonds. The maximum absolute atomic E-state index is 12.3. The van der Waals surface area contributed by atoms with E-state index < -0.39 is 17.9 Å². The van der Waals surface area contributed by atoms with Gasteiger partial charge in [-0.05, 0) is 44.0 Å². The summed E-state index contributed by atoms with van der Waals surface area (Å²) >= 11 is 0. The number of aliphatic carboxylic acids is 1. The highest BCUT2D eigenvalue weighted by molar-refractivity contribution is 5.84. The first-order chi connectivity index (χ1) is 11.2. The van der Waals surface area contributed by atoms with Crippen LogP contribution in [-0.2, 0) is 14.4 Å². The first-order valence-electron chi connectivity index (χ1n) is 7.69. The van der Waals surface area contributed by atoms with Crippen LogP contribution in [0.5, 0.6) is 5.75 Å². The van der Waals surface area contributed by atoms with Crippen molar-refractivity contribution in [2.75, 3.05) is 19.7 Å². The van der Waals surface area contributed by atoms with Crippen LogP contribution in [-0.4, -0.2) is 53.5 Å². The van der Waals surface area contributed by atoms with Crippen LogP contribution in [0.2, 0.25) is 0 Å². The number of nitrogens with one attached hydrogen (secondary N) is 1. The Hall–Kier alpha value is -2.57. The monoisotopic (exact) mass is 336 g/mol. The lowest BCUT2D eigenvalue weighted by molar-refractivity contribution is -0.150. The van der Waals surface area contributed by atoms with E-state index in [1.54, 1.807) is 6.07 Å². The standard InChI is InChI=1S/C17H24N2O5/c1-11-5-6-15(9-12(11)2)24-10-16(21)19(13(3)17(22)23)8-7-18-14(4)20/h5-6,9,13H,7-8,10H2,1-4H3,(H,18,20)(H,22,23). The molecule has 7 nitrogen and oxygen atoms in total. The molecule has 0 bridgehead atoms.